The first kappa shape index (κ1) is 16.5. The Morgan fingerprint density at radius 2 is 1.76 bits per heavy atom. The van der Waals surface area contributed by atoms with E-state index in [1.54, 1.807) is 24.3 Å². The molecule has 7 heteroatoms. The Morgan fingerprint density at radius 1 is 1.14 bits per heavy atom. The summed E-state index contributed by atoms with van der Waals surface area (Å²) in [5.41, 5.74) is 6.16. The average molecular weight is 292 g/mol. The van der Waals surface area contributed by atoms with Crippen molar-refractivity contribution in [1.29, 1.82) is 0 Å². The molecule has 0 atom stereocenters. The molecule has 0 aliphatic heterocycles. The monoisotopic (exact) mass is 292 g/mol. The second kappa shape index (κ2) is 7.88. The van der Waals surface area contributed by atoms with E-state index in [4.69, 9.17) is 5.73 Å². The highest BCUT2D eigenvalue weighted by Crippen LogP contribution is 2.08. The third kappa shape index (κ3) is 6.42. The quantitative estimate of drug-likeness (QED) is 0.617. The number of benzene rings is 1. The summed E-state index contributed by atoms with van der Waals surface area (Å²) in [4.78, 5) is 33.8. The molecular weight excluding hydrogens is 272 g/mol. The Morgan fingerprint density at radius 3 is 2.29 bits per heavy atom. The van der Waals surface area contributed by atoms with Crippen molar-refractivity contribution < 1.29 is 14.4 Å². The van der Waals surface area contributed by atoms with Gasteiger partial charge in [-0.3, -0.25) is 14.9 Å². The van der Waals surface area contributed by atoms with Crippen LogP contribution in [0.4, 0.5) is 10.5 Å². The predicted octanol–water partition coefficient (Wildman–Crippen LogP) is 0.679. The highest BCUT2D eigenvalue weighted by Gasteiger charge is 2.07. The van der Waals surface area contributed by atoms with Crippen LogP contribution in [-0.4, -0.2) is 30.9 Å². The van der Waals surface area contributed by atoms with E-state index in [1.807, 2.05) is 13.8 Å². The molecule has 1 aromatic carbocycles. The molecule has 0 bridgehead atoms. The van der Waals surface area contributed by atoms with Crippen molar-refractivity contribution in [2.24, 2.45) is 11.7 Å². The second-order valence-electron chi connectivity index (χ2n) is 4.95. The molecule has 1 rings (SSSR count). The minimum Gasteiger partial charge on any atom is -0.376 e. The molecule has 0 spiro atoms. The maximum Gasteiger partial charge on any atom is 0.321 e. The van der Waals surface area contributed by atoms with E-state index in [1.165, 1.54) is 0 Å². The zero-order chi connectivity index (χ0) is 15.8. The van der Waals surface area contributed by atoms with Crippen LogP contribution in [0.1, 0.15) is 24.2 Å². The van der Waals surface area contributed by atoms with Gasteiger partial charge in [-0.25, -0.2) is 4.79 Å². The van der Waals surface area contributed by atoms with Gasteiger partial charge in [0.25, 0.3) is 0 Å². The fourth-order valence-corrected chi connectivity index (χ4v) is 1.45. The van der Waals surface area contributed by atoms with Gasteiger partial charge in [0.15, 0.2) is 0 Å². The van der Waals surface area contributed by atoms with Crippen LogP contribution in [0.15, 0.2) is 24.3 Å². The van der Waals surface area contributed by atoms with Crippen LogP contribution in [0, 0.1) is 5.92 Å². The standard InChI is InChI=1S/C14H20N4O3/c1-9(2)7-17-14(21)18-12(19)8-16-11-5-3-10(4-6-11)13(15)20/h3-6,9,16H,7-8H2,1-2H3,(H2,15,20)(H2,17,18,19,21). The largest absolute Gasteiger partial charge is 0.376 e. The van der Waals surface area contributed by atoms with Crippen LogP contribution in [0.25, 0.3) is 0 Å². The maximum atomic E-state index is 11.5. The van der Waals surface area contributed by atoms with Gasteiger partial charge in [0.05, 0.1) is 6.54 Å². The number of rotatable bonds is 6. The number of nitrogens with two attached hydrogens (primary N) is 1. The molecule has 0 aliphatic rings. The highest BCUT2D eigenvalue weighted by molar-refractivity contribution is 5.96. The maximum absolute atomic E-state index is 11.5. The van der Waals surface area contributed by atoms with E-state index >= 15 is 0 Å². The Bertz CT molecular complexity index is 511. The lowest BCUT2D eigenvalue weighted by molar-refractivity contribution is -0.118. The molecule has 0 aromatic heterocycles. The van der Waals surface area contributed by atoms with E-state index in [-0.39, 0.29) is 6.54 Å². The number of imide groups is 1. The number of anilines is 1. The smallest absolute Gasteiger partial charge is 0.321 e. The van der Waals surface area contributed by atoms with Crippen molar-refractivity contribution in [3.05, 3.63) is 29.8 Å². The van der Waals surface area contributed by atoms with Crippen LogP contribution >= 0.6 is 0 Å². The number of urea groups is 1. The van der Waals surface area contributed by atoms with Gasteiger partial charge < -0.3 is 16.4 Å². The van der Waals surface area contributed by atoms with Gasteiger partial charge in [-0.1, -0.05) is 13.8 Å². The Kier molecular flexibility index (Phi) is 6.19. The summed E-state index contributed by atoms with van der Waals surface area (Å²) in [5, 5.41) is 7.63. The molecule has 0 fully saturated rings. The van der Waals surface area contributed by atoms with E-state index in [0.29, 0.717) is 23.7 Å². The third-order valence-electron chi connectivity index (χ3n) is 2.55. The molecule has 1 aromatic rings. The average Bonchev–Trinajstić information content (AvgIpc) is 2.43. The van der Waals surface area contributed by atoms with Gasteiger partial charge in [0.2, 0.25) is 11.8 Å². The summed E-state index contributed by atoms with van der Waals surface area (Å²) < 4.78 is 0. The molecule has 0 saturated carbocycles. The summed E-state index contributed by atoms with van der Waals surface area (Å²) in [6.07, 6.45) is 0. The normalized spacial score (nSPS) is 10.0. The van der Waals surface area contributed by atoms with E-state index in [2.05, 4.69) is 16.0 Å². The van der Waals surface area contributed by atoms with Gasteiger partial charge >= 0.3 is 6.03 Å². The fraction of sp³-hybridized carbons (Fsp3) is 0.357. The van der Waals surface area contributed by atoms with Crippen molar-refractivity contribution in [3.63, 3.8) is 0 Å². The summed E-state index contributed by atoms with van der Waals surface area (Å²) in [6.45, 7) is 4.37. The lowest BCUT2D eigenvalue weighted by atomic mass is 10.2. The molecule has 0 unspecified atom stereocenters. The Balaban J connectivity index is 2.35. The third-order valence-corrected chi connectivity index (χ3v) is 2.55. The summed E-state index contributed by atoms with van der Waals surface area (Å²) in [6, 6.07) is 5.86. The SMILES string of the molecule is CC(C)CNC(=O)NC(=O)CNc1ccc(C(N)=O)cc1. The van der Waals surface area contributed by atoms with Gasteiger partial charge in [0.1, 0.15) is 0 Å². The van der Waals surface area contributed by atoms with Gasteiger partial charge in [-0.15, -0.1) is 0 Å². The summed E-state index contributed by atoms with van der Waals surface area (Å²) in [5.74, 6) is -0.649. The lowest BCUT2D eigenvalue weighted by Crippen LogP contribution is -2.43. The Labute approximate surface area is 123 Å². The summed E-state index contributed by atoms with van der Waals surface area (Å²) in [7, 11) is 0. The molecule has 0 aliphatic carbocycles. The van der Waals surface area contributed by atoms with Crippen molar-refractivity contribution in [2.75, 3.05) is 18.4 Å². The first-order valence-electron chi connectivity index (χ1n) is 6.60. The lowest BCUT2D eigenvalue weighted by Gasteiger charge is -2.09. The number of carbonyl (C=O) groups excluding carboxylic acids is 3. The number of primary amides is 1. The molecule has 5 N–H and O–H groups in total. The van der Waals surface area contributed by atoms with Gasteiger partial charge in [-0.05, 0) is 30.2 Å². The summed E-state index contributed by atoms with van der Waals surface area (Å²) >= 11 is 0. The van der Waals surface area contributed by atoms with Crippen molar-refractivity contribution in [2.45, 2.75) is 13.8 Å². The fourth-order valence-electron chi connectivity index (χ4n) is 1.45. The van der Waals surface area contributed by atoms with E-state index in [0.717, 1.165) is 0 Å². The number of hydrogen-bond donors (Lipinski definition) is 4. The number of carbonyl (C=O) groups is 3. The molecule has 0 saturated heterocycles. The van der Waals surface area contributed by atoms with Crippen molar-refractivity contribution in [1.82, 2.24) is 10.6 Å². The minimum atomic E-state index is -0.514. The van der Waals surface area contributed by atoms with Crippen molar-refractivity contribution in [3.8, 4) is 0 Å². The molecule has 21 heavy (non-hydrogen) atoms. The van der Waals surface area contributed by atoms with E-state index < -0.39 is 17.8 Å². The van der Waals surface area contributed by atoms with Crippen LogP contribution in [-0.2, 0) is 4.79 Å². The molecule has 0 heterocycles. The zero-order valence-electron chi connectivity index (χ0n) is 12.1. The Hall–Kier alpha value is -2.57. The number of nitrogens with one attached hydrogen (secondary N) is 3. The molecule has 4 amide bonds. The first-order valence-corrected chi connectivity index (χ1v) is 6.60. The molecule has 114 valence electrons. The van der Waals surface area contributed by atoms with Crippen LogP contribution in [0.5, 0.6) is 0 Å². The van der Waals surface area contributed by atoms with Gasteiger partial charge in [0, 0.05) is 17.8 Å². The van der Waals surface area contributed by atoms with Crippen LogP contribution < -0.4 is 21.7 Å². The number of hydrogen-bond acceptors (Lipinski definition) is 4. The van der Waals surface area contributed by atoms with Crippen LogP contribution in [0.2, 0.25) is 0 Å². The van der Waals surface area contributed by atoms with E-state index in [9.17, 15) is 14.4 Å². The zero-order valence-corrected chi connectivity index (χ0v) is 12.1. The van der Waals surface area contributed by atoms with Gasteiger partial charge in [-0.2, -0.15) is 0 Å². The first-order chi connectivity index (χ1) is 9.88. The number of amides is 4. The highest BCUT2D eigenvalue weighted by atomic mass is 16.2. The molecule has 7 nitrogen and oxygen atoms in total. The topological polar surface area (TPSA) is 113 Å². The van der Waals surface area contributed by atoms with Crippen molar-refractivity contribution >= 4 is 23.5 Å². The van der Waals surface area contributed by atoms with Crippen LogP contribution in [0.3, 0.4) is 0 Å². The minimum absolute atomic E-state index is 0.0506. The second-order valence-corrected chi connectivity index (χ2v) is 4.95. The molecule has 0 radical (unpaired) electrons. The molecular formula is C14H20N4O3. The predicted molar refractivity (Wildman–Crippen MR) is 79.8 cm³/mol.